The van der Waals surface area contributed by atoms with E-state index in [1.807, 2.05) is 0 Å². The zero-order valence-corrected chi connectivity index (χ0v) is 10.7. The fourth-order valence-electron chi connectivity index (χ4n) is 1.43. The molecular formula is C13H10F2N2S. The molecule has 2 rings (SSSR count). The van der Waals surface area contributed by atoms with Gasteiger partial charge in [0.1, 0.15) is 10.4 Å². The highest BCUT2D eigenvalue weighted by Gasteiger charge is 2.24. The van der Waals surface area contributed by atoms with E-state index in [9.17, 15) is 8.78 Å². The second-order valence-corrected chi connectivity index (χ2v) is 5.23. The van der Waals surface area contributed by atoms with Gasteiger partial charge >= 0.3 is 0 Å². The third-order valence-electron chi connectivity index (χ3n) is 2.55. The van der Waals surface area contributed by atoms with Crippen molar-refractivity contribution in [2.75, 3.05) is 0 Å². The SMILES string of the molecule is CC(C)(C#N)c1nc(-c2cccc(F)c2F)cs1. The van der Waals surface area contributed by atoms with E-state index in [1.54, 1.807) is 19.2 Å². The first-order chi connectivity index (χ1) is 8.45. The standard InChI is InChI=1S/C13H10F2N2S/c1-13(2,7-16)12-17-10(6-18-12)8-4-3-5-9(14)11(8)15/h3-6H,1-2H3. The van der Waals surface area contributed by atoms with Gasteiger partial charge in [-0.3, -0.25) is 0 Å². The Morgan fingerprint density at radius 1 is 1.33 bits per heavy atom. The molecule has 2 nitrogen and oxygen atoms in total. The lowest BCUT2D eigenvalue weighted by atomic mass is 9.97. The largest absolute Gasteiger partial charge is 0.239 e. The minimum absolute atomic E-state index is 0.117. The summed E-state index contributed by atoms with van der Waals surface area (Å²) in [6, 6.07) is 6.09. The van der Waals surface area contributed by atoms with Crippen LogP contribution >= 0.6 is 11.3 Å². The molecule has 0 fully saturated rings. The molecule has 5 heteroatoms. The molecule has 0 N–H and O–H groups in total. The fraction of sp³-hybridized carbons (Fsp3) is 0.231. The Kier molecular flexibility index (Phi) is 3.14. The number of hydrogen-bond donors (Lipinski definition) is 0. The molecule has 0 saturated carbocycles. The van der Waals surface area contributed by atoms with Crippen molar-refractivity contribution in [3.05, 3.63) is 40.2 Å². The van der Waals surface area contributed by atoms with Crippen LogP contribution in [-0.4, -0.2) is 4.98 Å². The maximum Gasteiger partial charge on any atom is 0.168 e. The van der Waals surface area contributed by atoms with Crippen LogP contribution in [0.3, 0.4) is 0 Å². The van der Waals surface area contributed by atoms with Crippen molar-refractivity contribution in [1.82, 2.24) is 4.98 Å². The van der Waals surface area contributed by atoms with E-state index in [-0.39, 0.29) is 5.56 Å². The van der Waals surface area contributed by atoms with Gasteiger partial charge in [0, 0.05) is 10.9 Å². The van der Waals surface area contributed by atoms with Gasteiger partial charge in [0.2, 0.25) is 0 Å². The van der Waals surface area contributed by atoms with E-state index in [4.69, 9.17) is 5.26 Å². The summed E-state index contributed by atoms with van der Waals surface area (Å²) in [6.45, 7) is 3.47. The smallest absolute Gasteiger partial charge is 0.168 e. The van der Waals surface area contributed by atoms with Gasteiger partial charge in [-0.05, 0) is 26.0 Å². The summed E-state index contributed by atoms with van der Waals surface area (Å²) in [6.07, 6.45) is 0. The van der Waals surface area contributed by atoms with Crippen LogP contribution in [0.25, 0.3) is 11.3 Å². The summed E-state index contributed by atoms with van der Waals surface area (Å²) >= 11 is 1.27. The molecule has 1 aromatic carbocycles. The summed E-state index contributed by atoms with van der Waals surface area (Å²) in [5.74, 6) is -1.81. The Morgan fingerprint density at radius 3 is 2.72 bits per heavy atom. The van der Waals surface area contributed by atoms with E-state index in [0.29, 0.717) is 10.7 Å². The van der Waals surface area contributed by atoms with Gasteiger partial charge in [-0.25, -0.2) is 13.8 Å². The van der Waals surface area contributed by atoms with Crippen molar-refractivity contribution in [2.45, 2.75) is 19.3 Å². The van der Waals surface area contributed by atoms with Crippen LogP contribution in [0, 0.1) is 23.0 Å². The fourth-order valence-corrected chi connectivity index (χ4v) is 2.33. The highest BCUT2D eigenvalue weighted by atomic mass is 32.1. The average Bonchev–Trinajstić information content (AvgIpc) is 2.82. The second kappa shape index (κ2) is 4.46. The van der Waals surface area contributed by atoms with Crippen molar-refractivity contribution in [3.63, 3.8) is 0 Å². The summed E-state index contributed by atoms with van der Waals surface area (Å²) < 4.78 is 26.7. The first kappa shape index (κ1) is 12.7. The molecule has 0 saturated heterocycles. The molecule has 0 bridgehead atoms. The third-order valence-corrected chi connectivity index (χ3v) is 3.71. The van der Waals surface area contributed by atoms with E-state index >= 15 is 0 Å². The number of benzene rings is 1. The molecule has 0 aliphatic rings. The molecule has 0 radical (unpaired) electrons. The predicted molar refractivity (Wildman–Crippen MR) is 66.1 cm³/mol. The van der Waals surface area contributed by atoms with Gasteiger partial charge in [-0.1, -0.05) is 6.07 Å². The lowest BCUT2D eigenvalue weighted by molar-refractivity contribution is 0.511. The van der Waals surface area contributed by atoms with Gasteiger partial charge in [0.25, 0.3) is 0 Å². The minimum atomic E-state index is -0.913. The maximum absolute atomic E-state index is 13.6. The third kappa shape index (κ3) is 2.12. The van der Waals surface area contributed by atoms with Gasteiger partial charge in [-0.15, -0.1) is 11.3 Å². The van der Waals surface area contributed by atoms with Gasteiger partial charge in [0.15, 0.2) is 11.6 Å². The Labute approximate surface area is 108 Å². The second-order valence-electron chi connectivity index (χ2n) is 4.38. The van der Waals surface area contributed by atoms with Crippen molar-refractivity contribution < 1.29 is 8.78 Å². The zero-order valence-electron chi connectivity index (χ0n) is 9.87. The van der Waals surface area contributed by atoms with Crippen molar-refractivity contribution >= 4 is 11.3 Å². The first-order valence-corrected chi connectivity index (χ1v) is 6.15. The molecule has 0 atom stereocenters. The van der Waals surface area contributed by atoms with Crippen LogP contribution < -0.4 is 0 Å². The molecule has 1 heterocycles. The molecule has 0 amide bonds. The van der Waals surface area contributed by atoms with Crippen LogP contribution in [0.1, 0.15) is 18.9 Å². The minimum Gasteiger partial charge on any atom is -0.239 e. The predicted octanol–water partition coefficient (Wildman–Crippen LogP) is 3.89. The van der Waals surface area contributed by atoms with Crippen LogP contribution in [0.15, 0.2) is 23.6 Å². The number of rotatable bonds is 2. The van der Waals surface area contributed by atoms with E-state index in [1.165, 1.54) is 23.5 Å². The number of hydrogen-bond acceptors (Lipinski definition) is 3. The summed E-state index contributed by atoms with van der Waals surface area (Å²) in [7, 11) is 0. The Bertz CT molecular complexity index is 626. The maximum atomic E-state index is 13.6. The van der Waals surface area contributed by atoms with Crippen molar-refractivity contribution in [2.24, 2.45) is 0 Å². The lowest BCUT2D eigenvalue weighted by Gasteiger charge is -2.10. The summed E-state index contributed by atoms with van der Waals surface area (Å²) in [5, 5.41) is 11.2. The Hall–Kier alpha value is -1.80. The number of nitrogens with zero attached hydrogens (tertiary/aromatic N) is 2. The molecular weight excluding hydrogens is 254 g/mol. The molecule has 0 spiro atoms. The van der Waals surface area contributed by atoms with Gasteiger partial charge < -0.3 is 0 Å². The van der Waals surface area contributed by atoms with Crippen LogP contribution in [0.4, 0.5) is 8.78 Å². The summed E-state index contributed by atoms with van der Waals surface area (Å²) in [5.41, 5.74) is -0.256. The number of thiazole rings is 1. The quantitative estimate of drug-likeness (QED) is 0.825. The van der Waals surface area contributed by atoms with E-state index < -0.39 is 17.0 Å². The summed E-state index contributed by atoms with van der Waals surface area (Å²) in [4.78, 5) is 4.21. The molecule has 0 aliphatic carbocycles. The molecule has 18 heavy (non-hydrogen) atoms. The molecule has 0 unspecified atom stereocenters. The molecule has 2 aromatic rings. The van der Waals surface area contributed by atoms with Crippen LogP contribution in [-0.2, 0) is 5.41 Å². The number of aromatic nitrogens is 1. The number of halogens is 2. The number of nitriles is 1. The molecule has 0 aliphatic heterocycles. The van der Waals surface area contributed by atoms with E-state index in [0.717, 1.165) is 6.07 Å². The van der Waals surface area contributed by atoms with Crippen LogP contribution in [0.5, 0.6) is 0 Å². The van der Waals surface area contributed by atoms with Gasteiger partial charge in [0.05, 0.1) is 11.8 Å². The Balaban J connectivity index is 2.49. The highest BCUT2D eigenvalue weighted by Crippen LogP contribution is 2.31. The monoisotopic (exact) mass is 264 g/mol. The zero-order chi connectivity index (χ0) is 13.3. The molecule has 1 aromatic heterocycles. The lowest BCUT2D eigenvalue weighted by Crippen LogP contribution is -2.13. The molecule has 92 valence electrons. The first-order valence-electron chi connectivity index (χ1n) is 5.27. The topological polar surface area (TPSA) is 36.7 Å². The average molecular weight is 264 g/mol. The normalized spacial score (nSPS) is 11.3. The van der Waals surface area contributed by atoms with Gasteiger partial charge in [-0.2, -0.15) is 5.26 Å². The van der Waals surface area contributed by atoms with Crippen LogP contribution in [0.2, 0.25) is 0 Å². The van der Waals surface area contributed by atoms with Crippen molar-refractivity contribution in [3.8, 4) is 17.3 Å². The highest BCUT2D eigenvalue weighted by molar-refractivity contribution is 7.10. The Morgan fingerprint density at radius 2 is 2.06 bits per heavy atom. The van der Waals surface area contributed by atoms with Crippen molar-refractivity contribution in [1.29, 1.82) is 5.26 Å². The van der Waals surface area contributed by atoms with E-state index in [2.05, 4.69) is 11.1 Å².